The summed E-state index contributed by atoms with van der Waals surface area (Å²) in [6, 6.07) is 2.03. The Morgan fingerprint density at radius 2 is 1.93 bits per heavy atom. The van der Waals surface area contributed by atoms with E-state index in [2.05, 4.69) is 11.8 Å². The molecule has 15 heavy (non-hydrogen) atoms. The molecule has 0 rings (SSSR count). The molecule has 0 fully saturated rings. The molecule has 4 nitrogen and oxygen atoms in total. The molecule has 0 aromatic heterocycles. The van der Waals surface area contributed by atoms with Gasteiger partial charge in [-0.15, -0.1) is 0 Å². The molecule has 0 saturated carbocycles. The maximum atomic E-state index is 11.5. The fourth-order valence-corrected chi connectivity index (χ4v) is 1.31. The molecule has 0 atom stereocenters. The molecule has 1 amide bonds. The standard InChI is InChI=1S/C11H21N3O/c1-4-8-13(2)10-6-11(15)14(3)9-5-7-12/h4-6,8-10H2,1-3H3. The van der Waals surface area contributed by atoms with Gasteiger partial charge in [0.2, 0.25) is 5.91 Å². The van der Waals surface area contributed by atoms with Crippen molar-refractivity contribution in [3.05, 3.63) is 0 Å². The molecule has 0 N–H and O–H groups in total. The number of nitriles is 1. The molecular formula is C11H21N3O. The summed E-state index contributed by atoms with van der Waals surface area (Å²) in [6.45, 7) is 4.48. The zero-order valence-corrected chi connectivity index (χ0v) is 9.99. The van der Waals surface area contributed by atoms with E-state index in [4.69, 9.17) is 5.26 Å². The van der Waals surface area contributed by atoms with Crippen LogP contribution in [0.2, 0.25) is 0 Å². The van der Waals surface area contributed by atoms with Crippen molar-refractivity contribution in [1.82, 2.24) is 9.80 Å². The van der Waals surface area contributed by atoms with Crippen molar-refractivity contribution in [2.24, 2.45) is 0 Å². The molecule has 4 heteroatoms. The van der Waals surface area contributed by atoms with E-state index in [1.807, 2.05) is 13.1 Å². The summed E-state index contributed by atoms with van der Waals surface area (Å²) in [5, 5.41) is 8.39. The van der Waals surface area contributed by atoms with Crippen molar-refractivity contribution in [2.75, 3.05) is 33.7 Å². The molecule has 0 radical (unpaired) electrons. The molecule has 86 valence electrons. The number of carbonyl (C=O) groups is 1. The highest BCUT2D eigenvalue weighted by atomic mass is 16.2. The average Bonchev–Trinajstić information content (AvgIpc) is 2.22. The van der Waals surface area contributed by atoms with Gasteiger partial charge < -0.3 is 9.80 Å². The van der Waals surface area contributed by atoms with Crippen LogP contribution in [-0.4, -0.2) is 49.4 Å². The molecule has 0 saturated heterocycles. The predicted octanol–water partition coefficient (Wildman–Crippen LogP) is 1.09. The molecule has 0 aromatic rings. The van der Waals surface area contributed by atoms with Gasteiger partial charge in [-0.3, -0.25) is 4.79 Å². The summed E-state index contributed by atoms with van der Waals surface area (Å²) in [5.41, 5.74) is 0. The van der Waals surface area contributed by atoms with E-state index in [-0.39, 0.29) is 5.91 Å². The van der Waals surface area contributed by atoms with Crippen molar-refractivity contribution in [2.45, 2.75) is 26.2 Å². The first-order valence-corrected chi connectivity index (χ1v) is 5.41. The Balaban J connectivity index is 3.68. The van der Waals surface area contributed by atoms with Gasteiger partial charge in [-0.2, -0.15) is 5.26 Å². The van der Waals surface area contributed by atoms with Crippen LogP contribution in [0, 0.1) is 11.3 Å². The third-order valence-electron chi connectivity index (χ3n) is 2.30. The summed E-state index contributed by atoms with van der Waals surface area (Å²) >= 11 is 0. The first kappa shape index (κ1) is 13.9. The third-order valence-corrected chi connectivity index (χ3v) is 2.30. The molecule has 0 bridgehead atoms. The molecule has 0 aliphatic heterocycles. The van der Waals surface area contributed by atoms with Gasteiger partial charge in [-0.05, 0) is 20.0 Å². The van der Waals surface area contributed by atoms with Gasteiger partial charge in [0.15, 0.2) is 0 Å². The van der Waals surface area contributed by atoms with Crippen LogP contribution in [0.5, 0.6) is 0 Å². The molecule has 0 unspecified atom stereocenters. The summed E-state index contributed by atoms with van der Waals surface area (Å²) in [5.74, 6) is 0.119. The van der Waals surface area contributed by atoms with E-state index in [9.17, 15) is 4.79 Å². The lowest BCUT2D eigenvalue weighted by Crippen LogP contribution is -2.31. The highest BCUT2D eigenvalue weighted by molar-refractivity contribution is 5.76. The van der Waals surface area contributed by atoms with Gasteiger partial charge in [-0.1, -0.05) is 6.92 Å². The van der Waals surface area contributed by atoms with Crippen LogP contribution in [0.25, 0.3) is 0 Å². The Morgan fingerprint density at radius 1 is 1.27 bits per heavy atom. The molecule has 0 spiro atoms. The summed E-state index contributed by atoms with van der Waals surface area (Å²) < 4.78 is 0. The van der Waals surface area contributed by atoms with Gasteiger partial charge in [0.25, 0.3) is 0 Å². The minimum absolute atomic E-state index is 0.119. The Morgan fingerprint density at radius 3 is 2.47 bits per heavy atom. The predicted molar refractivity (Wildman–Crippen MR) is 60.3 cm³/mol. The van der Waals surface area contributed by atoms with Crippen LogP contribution in [-0.2, 0) is 4.79 Å². The number of carbonyl (C=O) groups excluding carboxylic acids is 1. The molecule has 0 aliphatic carbocycles. The Kier molecular flexibility index (Phi) is 7.65. The maximum Gasteiger partial charge on any atom is 0.223 e. The topological polar surface area (TPSA) is 47.3 Å². The zero-order valence-electron chi connectivity index (χ0n) is 9.99. The van der Waals surface area contributed by atoms with Crippen LogP contribution < -0.4 is 0 Å². The second kappa shape index (κ2) is 8.25. The average molecular weight is 211 g/mol. The first-order chi connectivity index (χ1) is 7.11. The van der Waals surface area contributed by atoms with Crippen LogP contribution in [0.1, 0.15) is 26.2 Å². The van der Waals surface area contributed by atoms with Crippen molar-refractivity contribution >= 4 is 5.91 Å². The Bertz CT molecular complexity index is 222. The minimum Gasteiger partial charge on any atom is -0.345 e. The zero-order chi connectivity index (χ0) is 11.7. The lowest BCUT2D eigenvalue weighted by atomic mass is 10.3. The number of amides is 1. The van der Waals surface area contributed by atoms with Crippen molar-refractivity contribution in [3.63, 3.8) is 0 Å². The molecular weight excluding hydrogens is 190 g/mol. The normalized spacial score (nSPS) is 10.1. The van der Waals surface area contributed by atoms with E-state index in [1.54, 1.807) is 11.9 Å². The second-order valence-electron chi connectivity index (χ2n) is 3.78. The van der Waals surface area contributed by atoms with Gasteiger partial charge in [0.1, 0.15) is 0 Å². The lowest BCUT2D eigenvalue weighted by Gasteiger charge is -2.19. The van der Waals surface area contributed by atoms with E-state index in [0.29, 0.717) is 19.4 Å². The van der Waals surface area contributed by atoms with E-state index in [0.717, 1.165) is 19.5 Å². The summed E-state index contributed by atoms with van der Waals surface area (Å²) in [6.07, 6.45) is 2.06. The van der Waals surface area contributed by atoms with Gasteiger partial charge >= 0.3 is 0 Å². The van der Waals surface area contributed by atoms with E-state index < -0.39 is 0 Å². The van der Waals surface area contributed by atoms with Crippen molar-refractivity contribution < 1.29 is 4.79 Å². The highest BCUT2D eigenvalue weighted by Crippen LogP contribution is 1.95. The smallest absolute Gasteiger partial charge is 0.223 e. The maximum absolute atomic E-state index is 11.5. The van der Waals surface area contributed by atoms with Crippen molar-refractivity contribution in [1.29, 1.82) is 5.26 Å². The molecule has 0 aromatic carbocycles. The minimum atomic E-state index is 0.119. The van der Waals surface area contributed by atoms with Crippen LogP contribution in [0.15, 0.2) is 0 Å². The Hall–Kier alpha value is -1.08. The third kappa shape index (κ3) is 6.92. The number of nitrogens with zero attached hydrogens (tertiary/aromatic N) is 3. The van der Waals surface area contributed by atoms with E-state index >= 15 is 0 Å². The van der Waals surface area contributed by atoms with Gasteiger partial charge in [0, 0.05) is 26.6 Å². The second-order valence-corrected chi connectivity index (χ2v) is 3.78. The van der Waals surface area contributed by atoms with E-state index in [1.165, 1.54) is 0 Å². The van der Waals surface area contributed by atoms with Crippen LogP contribution in [0.4, 0.5) is 0 Å². The number of rotatable bonds is 7. The van der Waals surface area contributed by atoms with Gasteiger partial charge in [0.05, 0.1) is 12.5 Å². The van der Waals surface area contributed by atoms with Crippen LogP contribution >= 0.6 is 0 Å². The molecule has 0 aliphatic rings. The fourth-order valence-electron chi connectivity index (χ4n) is 1.31. The SMILES string of the molecule is CCCN(C)CCC(=O)N(C)CCC#N. The van der Waals surface area contributed by atoms with Crippen molar-refractivity contribution in [3.8, 4) is 6.07 Å². The highest BCUT2D eigenvalue weighted by Gasteiger charge is 2.08. The number of hydrogen-bond donors (Lipinski definition) is 0. The Labute approximate surface area is 92.5 Å². The lowest BCUT2D eigenvalue weighted by molar-refractivity contribution is -0.130. The molecule has 0 heterocycles. The van der Waals surface area contributed by atoms with Gasteiger partial charge in [-0.25, -0.2) is 0 Å². The summed E-state index contributed by atoms with van der Waals surface area (Å²) in [4.78, 5) is 15.3. The summed E-state index contributed by atoms with van der Waals surface area (Å²) in [7, 11) is 3.77. The quantitative estimate of drug-likeness (QED) is 0.633. The first-order valence-electron chi connectivity index (χ1n) is 5.41. The largest absolute Gasteiger partial charge is 0.345 e. The van der Waals surface area contributed by atoms with Crippen LogP contribution in [0.3, 0.4) is 0 Å². The monoisotopic (exact) mass is 211 g/mol. The number of hydrogen-bond acceptors (Lipinski definition) is 3. The fraction of sp³-hybridized carbons (Fsp3) is 0.818.